The van der Waals surface area contributed by atoms with E-state index in [1.54, 1.807) is 0 Å². The first-order valence-corrected chi connectivity index (χ1v) is 7.71. The van der Waals surface area contributed by atoms with Crippen LogP contribution in [0.25, 0.3) is 10.9 Å². The van der Waals surface area contributed by atoms with E-state index >= 15 is 0 Å². The van der Waals surface area contributed by atoms with Crippen LogP contribution in [0.1, 0.15) is 31.2 Å². The Labute approximate surface area is 124 Å². The van der Waals surface area contributed by atoms with Gasteiger partial charge in [-0.05, 0) is 44.7 Å². The molecule has 1 aromatic carbocycles. The number of nitrogens with one attached hydrogen (secondary N) is 2. The number of aromatic nitrogens is 2. The fraction of sp³-hybridized carbons (Fsp3) is 0.562. The maximum atomic E-state index is 8.91. The van der Waals surface area contributed by atoms with Gasteiger partial charge in [0, 0.05) is 23.5 Å². The van der Waals surface area contributed by atoms with Crippen LogP contribution in [0.3, 0.4) is 0 Å². The van der Waals surface area contributed by atoms with Crippen molar-refractivity contribution in [3.8, 4) is 5.75 Å². The van der Waals surface area contributed by atoms with Gasteiger partial charge in [0.15, 0.2) is 0 Å². The molecule has 1 aromatic heterocycles. The van der Waals surface area contributed by atoms with Gasteiger partial charge >= 0.3 is 0 Å². The first kappa shape index (κ1) is 14.4. The van der Waals surface area contributed by atoms with Crippen LogP contribution < -0.4 is 10.1 Å². The number of aromatic amines is 1. The molecule has 0 radical (unpaired) electrons. The Balaban J connectivity index is 1.68. The van der Waals surface area contributed by atoms with E-state index in [-0.39, 0.29) is 12.7 Å². The van der Waals surface area contributed by atoms with Gasteiger partial charge in [0.1, 0.15) is 11.9 Å². The number of aryl methyl sites for hydroxylation is 1. The molecule has 5 nitrogen and oxygen atoms in total. The highest BCUT2D eigenvalue weighted by molar-refractivity contribution is 5.83. The van der Waals surface area contributed by atoms with Crippen LogP contribution in [0.4, 0.5) is 0 Å². The van der Waals surface area contributed by atoms with Gasteiger partial charge in [-0.2, -0.15) is 5.10 Å². The van der Waals surface area contributed by atoms with E-state index in [4.69, 9.17) is 9.84 Å². The molecular formula is C16H23N3O2. The summed E-state index contributed by atoms with van der Waals surface area (Å²) in [7, 11) is 0. The average Bonchev–Trinajstić information content (AvgIpc) is 2.98. The van der Waals surface area contributed by atoms with Crippen molar-refractivity contribution in [3.63, 3.8) is 0 Å². The maximum absolute atomic E-state index is 8.91. The van der Waals surface area contributed by atoms with Crippen molar-refractivity contribution in [2.45, 2.75) is 44.8 Å². The zero-order chi connectivity index (χ0) is 14.7. The number of benzene rings is 1. The Kier molecular flexibility index (Phi) is 4.41. The lowest BCUT2D eigenvalue weighted by Crippen LogP contribution is -2.39. The molecule has 1 heterocycles. The molecule has 1 saturated carbocycles. The number of aliphatic hydroxyl groups excluding tert-OH is 1. The summed E-state index contributed by atoms with van der Waals surface area (Å²) < 4.78 is 6.23. The first-order chi connectivity index (χ1) is 10.3. The monoisotopic (exact) mass is 289 g/mol. The van der Waals surface area contributed by atoms with E-state index in [0.717, 1.165) is 35.1 Å². The van der Waals surface area contributed by atoms with E-state index in [0.29, 0.717) is 12.6 Å². The summed E-state index contributed by atoms with van der Waals surface area (Å²) in [5.41, 5.74) is 2.19. The van der Waals surface area contributed by atoms with Gasteiger partial charge in [0.2, 0.25) is 0 Å². The number of rotatable bonds is 5. The van der Waals surface area contributed by atoms with Gasteiger partial charge < -0.3 is 15.2 Å². The second-order valence-electron chi connectivity index (χ2n) is 5.80. The number of hydrogen-bond donors (Lipinski definition) is 3. The van der Waals surface area contributed by atoms with Gasteiger partial charge in [-0.1, -0.05) is 0 Å². The Morgan fingerprint density at radius 1 is 1.43 bits per heavy atom. The van der Waals surface area contributed by atoms with Crippen LogP contribution >= 0.6 is 0 Å². The highest BCUT2D eigenvalue weighted by Crippen LogP contribution is 2.29. The number of H-pyrrole nitrogens is 1. The zero-order valence-corrected chi connectivity index (χ0v) is 12.4. The molecule has 21 heavy (non-hydrogen) atoms. The molecule has 2 atom stereocenters. The van der Waals surface area contributed by atoms with E-state index in [1.807, 2.05) is 18.3 Å². The predicted octanol–water partition coefficient (Wildman–Crippen LogP) is 2.14. The minimum Gasteiger partial charge on any atom is -0.490 e. The van der Waals surface area contributed by atoms with E-state index in [9.17, 15) is 0 Å². The van der Waals surface area contributed by atoms with Crippen molar-refractivity contribution < 1.29 is 9.84 Å². The SMILES string of the molecule is Cc1c(O[C@H]2CCC[C@@H](NCCO)C2)ccc2[nH]ncc12. The van der Waals surface area contributed by atoms with Crippen molar-refractivity contribution in [2.75, 3.05) is 13.2 Å². The fourth-order valence-corrected chi connectivity index (χ4v) is 3.15. The number of nitrogens with zero attached hydrogens (tertiary/aromatic N) is 1. The molecule has 1 fully saturated rings. The van der Waals surface area contributed by atoms with Crippen LogP contribution in [0.2, 0.25) is 0 Å². The molecule has 1 aliphatic rings. The number of ether oxygens (including phenoxy) is 1. The Morgan fingerprint density at radius 3 is 3.19 bits per heavy atom. The Morgan fingerprint density at radius 2 is 2.33 bits per heavy atom. The van der Waals surface area contributed by atoms with Crippen molar-refractivity contribution in [1.29, 1.82) is 0 Å². The maximum Gasteiger partial charge on any atom is 0.123 e. The lowest BCUT2D eigenvalue weighted by atomic mass is 9.92. The summed E-state index contributed by atoms with van der Waals surface area (Å²) in [6.45, 7) is 2.94. The smallest absolute Gasteiger partial charge is 0.123 e. The minimum absolute atomic E-state index is 0.193. The highest BCUT2D eigenvalue weighted by Gasteiger charge is 2.23. The largest absolute Gasteiger partial charge is 0.490 e. The number of fused-ring (bicyclic) bond motifs is 1. The second-order valence-corrected chi connectivity index (χ2v) is 5.80. The van der Waals surface area contributed by atoms with Crippen molar-refractivity contribution >= 4 is 10.9 Å². The molecule has 0 saturated heterocycles. The summed E-state index contributed by atoms with van der Waals surface area (Å²) in [6.07, 6.45) is 6.53. The minimum atomic E-state index is 0.193. The van der Waals surface area contributed by atoms with Gasteiger partial charge in [-0.15, -0.1) is 0 Å². The van der Waals surface area contributed by atoms with E-state index in [1.165, 1.54) is 12.8 Å². The van der Waals surface area contributed by atoms with Crippen molar-refractivity contribution in [1.82, 2.24) is 15.5 Å². The molecule has 2 aromatic rings. The third kappa shape index (κ3) is 3.19. The third-order valence-electron chi connectivity index (χ3n) is 4.31. The molecule has 0 bridgehead atoms. The van der Waals surface area contributed by atoms with E-state index < -0.39 is 0 Å². The number of hydrogen-bond acceptors (Lipinski definition) is 4. The number of aliphatic hydroxyl groups is 1. The van der Waals surface area contributed by atoms with Crippen LogP contribution in [0.15, 0.2) is 18.3 Å². The van der Waals surface area contributed by atoms with Crippen LogP contribution in [0, 0.1) is 6.92 Å². The van der Waals surface area contributed by atoms with Crippen LogP contribution in [-0.2, 0) is 0 Å². The topological polar surface area (TPSA) is 70.2 Å². The third-order valence-corrected chi connectivity index (χ3v) is 4.31. The van der Waals surface area contributed by atoms with Gasteiger partial charge in [-0.25, -0.2) is 0 Å². The molecular weight excluding hydrogens is 266 g/mol. The lowest BCUT2D eigenvalue weighted by Gasteiger charge is -2.30. The molecule has 0 amide bonds. The molecule has 5 heteroatoms. The summed E-state index contributed by atoms with van der Waals surface area (Å²) in [5, 5.41) is 20.5. The lowest BCUT2D eigenvalue weighted by molar-refractivity contribution is 0.131. The quantitative estimate of drug-likeness (QED) is 0.789. The van der Waals surface area contributed by atoms with Crippen molar-refractivity contribution in [2.24, 2.45) is 0 Å². The van der Waals surface area contributed by atoms with Crippen LogP contribution in [0.5, 0.6) is 5.75 Å². The molecule has 1 aliphatic carbocycles. The molecule has 0 spiro atoms. The van der Waals surface area contributed by atoms with Crippen LogP contribution in [-0.4, -0.2) is 40.6 Å². The normalized spacial score (nSPS) is 22.6. The van der Waals surface area contributed by atoms with E-state index in [2.05, 4.69) is 22.4 Å². The fourth-order valence-electron chi connectivity index (χ4n) is 3.15. The summed E-state index contributed by atoms with van der Waals surface area (Å²) in [5.74, 6) is 0.955. The molecule has 3 N–H and O–H groups in total. The summed E-state index contributed by atoms with van der Waals surface area (Å²) in [6, 6.07) is 4.50. The first-order valence-electron chi connectivity index (χ1n) is 7.71. The standard InChI is InChI=1S/C16H23N3O2/c1-11-14-10-18-19-15(14)5-6-16(11)21-13-4-2-3-12(9-13)17-7-8-20/h5-6,10,12-13,17,20H,2-4,7-9H2,1H3,(H,18,19)/t12-,13+/m1/s1. The molecule has 0 unspecified atom stereocenters. The van der Waals surface area contributed by atoms with Gasteiger partial charge in [-0.3, -0.25) is 5.10 Å². The highest BCUT2D eigenvalue weighted by atomic mass is 16.5. The van der Waals surface area contributed by atoms with Gasteiger partial charge in [0.05, 0.1) is 18.3 Å². The van der Waals surface area contributed by atoms with Gasteiger partial charge in [0.25, 0.3) is 0 Å². The van der Waals surface area contributed by atoms with Crippen molar-refractivity contribution in [3.05, 3.63) is 23.9 Å². The molecule has 0 aliphatic heterocycles. The second kappa shape index (κ2) is 6.45. The Hall–Kier alpha value is -1.59. The average molecular weight is 289 g/mol. The summed E-state index contributed by atoms with van der Waals surface area (Å²) >= 11 is 0. The molecule has 3 rings (SSSR count). The zero-order valence-electron chi connectivity index (χ0n) is 12.4. The predicted molar refractivity (Wildman–Crippen MR) is 82.6 cm³/mol. The molecule has 114 valence electrons. The summed E-state index contributed by atoms with van der Waals surface area (Å²) in [4.78, 5) is 0. The Bertz CT molecular complexity index is 596.